The number of carbonyl (C=O) groups is 3. The molecule has 4 aromatic rings. The number of esters is 1. The Balaban J connectivity index is 1.88. The number of aromatic nitrogens is 2. The van der Waals surface area contributed by atoms with Crippen LogP contribution in [0, 0.1) is 0 Å². The van der Waals surface area contributed by atoms with Gasteiger partial charge >= 0.3 is 18.2 Å². The monoisotopic (exact) mass is 489 g/mol. The highest BCUT2D eigenvalue weighted by Gasteiger charge is 2.21. The zero-order valence-corrected chi connectivity index (χ0v) is 18.8. The third kappa shape index (κ3) is 4.71. The lowest BCUT2D eigenvalue weighted by atomic mass is 10.0. The number of anilines is 1. The number of aromatic hydroxyl groups is 1. The average molecular weight is 489 g/mol. The zero-order chi connectivity index (χ0) is 25.8. The van der Waals surface area contributed by atoms with Crippen molar-refractivity contribution in [1.29, 1.82) is 0 Å². The van der Waals surface area contributed by atoms with Crippen LogP contribution in [-0.4, -0.2) is 44.5 Å². The van der Waals surface area contributed by atoms with E-state index in [1.807, 2.05) is 0 Å². The highest BCUT2D eigenvalue weighted by atomic mass is 16.5. The van der Waals surface area contributed by atoms with Gasteiger partial charge in [-0.3, -0.25) is 15.1 Å². The molecule has 0 bridgehead atoms. The van der Waals surface area contributed by atoms with Crippen LogP contribution in [0.1, 0.15) is 17.3 Å². The SMILES string of the molecule is CCOC(=O)Nc1cc(OC(=O)c2cccnc2)ccc1-c1cc(=O)c2c(O)cccc2n1C(=O)O. The van der Waals surface area contributed by atoms with Crippen LogP contribution >= 0.6 is 0 Å². The number of carboxylic acid groups (broad SMARTS) is 1. The first kappa shape index (κ1) is 24.0. The Morgan fingerprint density at radius 2 is 1.89 bits per heavy atom. The number of benzene rings is 2. The van der Waals surface area contributed by atoms with Crippen molar-refractivity contribution >= 4 is 34.7 Å². The second kappa shape index (κ2) is 9.97. The number of nitrogens with zero attached hydrogens (tertiary/aromatic N) is 2. The second-order valence-electron chi connectivity index (χ2n) is 7.37. The average Bonchev–Trinajstić information content (AvgIpc) is 2.84. The van der Waals surface area contributed by atoms with Gasteiger partial charge in [0.15, 0.2) is 5.43 Å². The minimum atomic E-state index is -1.44. The fraction of sp³-hybridized carbons (Fsp3) is 0.0800. The van der Waals surface area contributed by atoms with Crippen LogP contribution in [0.2, 0.25) is 0 Å². The van der Waals surface area contributed by atoms with Crippen molar-refractivity contribution in [3.05, 3.63) is 82.8 Å². The summed E-state index contributed by atoms with van der Waals surface area (Å²) in [4.78, 5) is 53.6. The first-order chi connectivity index (χ1) is 17.3. The molecule has 1 amide bonds. The Morgan fingerprint density at radius 1 is 1.08 bits per heavy atom. The summed E-state index contributed by atoms with van der Waals surface area (Å²) in [5, 5.41) is 22.4. The molecule has 11 heteroatoms. The van der Waals surface area contributed by atoms with Gasteiger partial charge in [-0.05, 0) is 43.3 Å². The van der Waals surface area contributed by atoms with Gasteiger partial charge in [-0.25, -0.2) is 19.0 Å². The molecule has 0 saturated carbocycles. The summed E-state index contributed by atoms with van der Waals surface area (Å²) in [6.07, 6.45) is 0.537. The number of carbonyl (C=O) groups excluding carboxylic acids is 2. The van der Waals surface area contributed by atoms with Gasteiger partial charge in [-0.2, -0.15) is 0 Å². The third-order valence-corrected chi connectivity index (χ3v) is 5.09. The number of hydrogen-bond donors (Lipinski definition) is 3. The molecular weight excluding hydrogens is 470 g/mol. The van der Waals surface area contributed by atoms with Crippen LogP contribution < -0.4 is 15.5 Å². The van der Waals surface area contributed by atoms with Crippen molar-refractivity contribution < 1.29 is 34.1 Å². The maximum Gasteiger partial charge on any atom is 0.416 e. The Kier molecular flexibility index (Phi) is 6.63. The van der Waals surface area contributed by atoms with Crippen LogP contribution in [0.4, 0.5) is 15.3 Å². The van der Waals surface area contributed by atoms with Crippen molar-refractivity contribution in [3.8, 4) is 22.8 Å². The molecule has 0 spiro atoms. The van der Waals surface area contributed by atoms with Crippen molar-refractivity contribution in [1.82, 2.24) is 9.55 Å². The van der Waals surface area contributed by atoms with Crippen LogP contribution in [-0.2, 0) is 4.74 Å². The summed E-state index contributed by atoms with van der Waals surface area (Å²) in [5.41, 5.74) is -0.463. The number of pyridine rings is 2. The Morgan fingerprint density at radius 3 is 2.58 bits per heavy atom. The first-order valence-electron chi connectivity index (χ1n) is 10.6. The van der Waals surface area contributed by atoms with E-state index in [0.717, 1.165) is 10.6 Å². The minimum absolute atomic E-state index is 0.0128. The maximum atomic E-state index is 12.8. The summed E-state index contributed by atoms with van der Waals surface area (Å²) in [5.74, 6) is -1.05. The second-order valence-corrected chi connectivity index (χ2v) is 7.37. The largest absolute Gasteiger partial charge is 0.507 e. The van der Waals surface area contributed by atoms with Gasteiger partial charge in [0.25, 0.3) is 0 Å². The van der Waals surface area contributed by atoms with E-state index in [2.05, 4.69) is 10.3 Å². The van der Waals surface area contributed by atoms with Crippen molar-refractivity contribution in [3.63, 3.8) is 0 Å². The topological polar surface area (TPSA) is 157 Å². The van der Waals surface area contributed by atoms with Crippen molar-refractivity contribution in [2.75, 3.05) is 11.9 Å². The Labute approximate surface area is 203 Å². The third-order valence-electron chi connectivity index (χ3n) is 5.09. The lowest BCUT2D eigenvalue weighted by molar-refractivity contribution is 0.0734. The number of rotatable bonds is 5. The molecule has 2 aromatic heterocycles. The number of nitrogens with one attached hydrogen (secondary N) is 1. The normalized spacial score (nSPS) is 10.6. The quantitative estimate of drug-likeness (QED) is 0.277. The van der Waals surface area contributed by atoms with Crippen LogP contribution in [0.3, 0.4) is 0 Å². The van der Waals surface area contributed by atoms with E-state index in [0.29, 0.717) is 0 Å². The maximum absolute atomic E-state index is 12.8. The highest BCUT2D eigenvalue weighted by Crippen LogP contribution is 2.34. The predicted octanol–water partition coefficient (Wildman–Crippen LogP) is 4.08. The van der Waals surface area contributed by atoms with Gasteiger partial charge < -0.3 is 19.7 Å². The number of phenols is 1. The van der Waals surface area contributed by atoms with E-state index >= 15 is 0 Å². The zero-order valence-electron chi connectivity index (χ0n) is 18.8. The molecule has 11 nitrogen and oxygen atoms in total. The molecule has 2 aromatic carbocycles. The van der Waals surface area contributed by atoms with E-state index in [-0.39, 0.29) is 51.5 Å². The molecule has 0 atom stereocenters. The number of phenolic OH excluding ortho intramolecular Hbond substituents is 1. The molecular formula is C25H19N3O8. The Hall–Kier alpha value is -5.19. The molecule has 0 aliphatic carbocycles. The van der Waals surface area contributed by atoms with Gasteiger partial charge in [0.2, 0.25) is 0 Å². The number of hydrogen-bond acceptors (Lipinski definition) is 8. The minimum Gasteiger partial charge on any atom is -0.507 e. The summed E-state index contributed by atoms with van der Waals surface area (Å²) in [6, 6.07) is 12.2. The number of ether oxygens (including phenoxy) is 2. The van der Waals surface area contributed by atoms with Crippen LogP contribution in [0.5, 0.6) is 11.5 Å². The smallest absolute Gasteiger partial charge is 0.416 e. The first-order valence-corrected chi connectivity index (χ1v) is 10.6. The molecule has 36 heavy (non-hydrogen) atoms. The number of fused-ring (bicyclic) bond motifs is 1. The van der Waals surface area contributed by atoms with Gasteiger partial charge in [0.05, 0.1) is 34.5 Å². The summed E-state index contributed by atoms with van der Waals surface area (Å²) >= 11 is 0. The van der Waals surface area contributed by atoms with E-state index in [9.17, 15) is 29.4 Å². The fourth-order valence-electron chi connectivity index (χ4n) is 3.60. The molecule has 0 saturated heterocycles. The lowest BCUT2D eigenvalue weighted by Gasteiger charge is -2.17. The molecule has 0 radical (unpaired) electrons. The molecule has 0 aliphatic rings. The van der Waals surface area contributed by atoms with E-state index in [1.165, 1.54) is 54.9 Å². The summed E-state index contributed by atoms with van der Waals surface area (Å²) in [7, 11) is 0. The van der Waals surface area contributed by atoms with E-state index < -0.39 is 23.6 Å². The van der Waals surface area contributed by atoms with Crippen LogP contribution in [0.25, 0.3) is 22.2 Å². The standard InChI is InChI=1S/C25H19N3O8/c1-2-35-24(32)27-17-11-15(36-23(31)14-5-4-10-26-13-14)8-9-16(17)19-12-21(30)22-18(28(19)25(33)34)6-3-7-20(22)29/h3-13,29H,2H2,1H3,(H,27,32)(H,33,34). The molecule has 0 fully saturated rings. The van der Waals surface area contributed by atoms with Crippen LogP contribution in [0.15, 0.2) is 71.8 Å². The van der Waals surface area contributed by atoms with Gasteiger partial charge in [-0.15, -0.1) is 0 Å². The molecule has 3 N–H and O–H groups in total. The van der Waals surface area contributed by atoms with E-state index in [4.69, 9.17) is 9.47 Å². The van der Waals surface area contributed by atoms with E-state index in [1.54, 1.807) is 13.0 Å². The predicted molar refractivity (Wildman–Crippen MR) is 129 cm³/mol. The molecule has 0 aliphatic heterocycles. The number of amides is 1. The van der Waals surface area contributed by atoms with Crippen molar-refractivity contribution in [2.24, 2.45) is 0 Å². The molecule has 4 rings (SSSR count). The van der Waals surface area contributed by atoms with Gasteiger partial charge in [0, 0.05) is 30.1 Å². The molecule has 0 unspecified atom stereocenters. The van der Waals surface area contributed by atoms with Crippen molar-refractivity contribution in [2.45, 2.75) is 6.92 Å². The Bertz CT molecular complexity index is 1550. The fourth-order valence-corrected chi connectivity index (χ4v) is 3.60. The van der Waals surface area contributed by atoms with Gasteiger partial charge in [-0.1, -0.05) is 6.07 Å². The molecule has 182 valence electrons. The van der Waals surface area contributed by atoms with Gasteiger partial charge in [0.1, 0.15) is 11.5 Å². The highest BCUT2D eigenvalue weighted by molar-refractivity contribution is 5.98. The summed E-state index contributed by atoms with van der Waals surface area (Å²) < 4.78 is 11.1. The molecule has 2 heterocycles. The lowest BCUT2D eigenvalue weighted by Crippen LogP contribution is -2.19. The summed E-state index contributed by atoms with van der Waals surface area (Å²) in [6.45, 7) is 1.66.